The summed E-state index contributed by atoms with van der Waals surface area (Å²) in [7, 11) is 1.88. The molecule has 1 aliphatic heterocycles. The van der Waals surface area contributed by atoms with Gasteiger partial charge >= 0.3 is 0 Å². The highest BCUT2D eigenvalue weighted by atomic mass is 32.2. The Hall–Kier alpha value is -1.41. The van der Waals surface area contributed by atoms with Crippen LogP contribution in [-0.4, -0.2) is 50.0 Å². The molecule has 3 rings (SSSR count). The van der Waals surface area contributed by atoms with Crippen molar-refractivity contribution in [2.45, 2.75) is 19.4 Å². The van der Waals surface area contributed by atoms with Crippen LogP contribution in [0.15, 0.2) is 11.4 Å². The van der Waals surface area contributed by atoms with E-state index >= 15 is 0 Å². The normalized spacial score (nSPS) is 18.6. The third-order valence-corrected chi connectivity index (χ3v) is 5.67. The predicted octanol–water partition coefficient (Wildman–Crippen LogP) is 2.03. The van der Waals surface area contributed by atoms with Crippen molar-refractivity contribution >= 4 is 29.0 Å². The van der Waals surface area contributed by atoms with Crippen LogP contribution in [0, 0.1) is 5.92 Å². The summed E-state index contributed by atoms with van der Waals surface area (Å²) in [6.45, 7) is 0.641. The van der Waals surface area contributed by atoms with Crippen LogP contribution >= 0.6 is 23.1 Å². The van der Waals surface area contributed by atoms with Crippen molar-refractivity contribution < 1.29 is 4.79 Å². The zero-order chi connectivity index (χ0) is 14.7. The molecule has 3 heterocycles. The van der Waals surface area contributed by atoms with Crippen LogP contribution in [-0.2, 0) is 11.3 Å². The number of carbonyl (C=O) groups is 1. The third-order valence-electron chi connectivity index (χ3n) is 3.54. The van der Waals surface area contributed by atoms with Gasteiger partial charge in [-0.25, -0.2) is 0 Å². The highest BCUT2D eigenvalue weighted by Crippen LogP contribution is 2.26. The molecular formula is C13H17N5OS2. The molecule has 21 heavy (non-hydrogen) atoms. The van der Waals surface area contributed by atoms with Crippen molar-refractivity contribution in [1.29, 1.82) is 0 Å². The van der Waals surface area contributed by atoms with Gasteiger partial charge in [0, 0.05) is 34.5 Å². The number of H-pyrrole nitrogens is 1. The molecule has 1 unspecified atom stereocenters. The predicted molar refractivity (Wildman–Crippen MR) is 84.0 cm³/mol. The summed E-state index contributed by atoms with van der Waals surface area (Å²) in [6.07, 6.45) is 2.17. The molecule has 8 heteroatoms. The van der Waals surface area contributed by atoms with E-state index in [9.17, 15) is 4.79 Å². The molecule has 1 saturated heterocycles. The molecule has 6 nitrogen and oxygen atoms in total. The number of aromatic nitrogens is 4. The first-order chi connectivity index (χ1) is 10.2. The lowest BCUT2D eigenvalue weighted by molar-refractivity contribution is -0.134. The summed E-state index contributed by atoms with van der Waals surface area (Å²) in [4.78, 5) is 15.4. The SMILES string of the molecule is CN(Cc1cc(-c2nn[nH]n2)cs1)C(=O)C1CCCSC1. The fourth-order valence-corrected chi connectivity index (χ4v) is 4.47. The fourth-order valence-electron chi connectivity index (χ4n) is 2.42. The highest BCUT2D eigenvalue weighted by Gasteiger charge is 2.24. The van der Waals surface area contributed by atoms with Gasteiger partial charge < -0.3 is 4.90 Å². The van der Waals surface area contributed by atoms with Gasteiger partial charge in [-0.15, -0.1) is 21.5 Å². The minimum atomic E-state index is 0.186. The maximum absolute atomic E-state index is 12.4. The van der Waals surface area contributed by atoms with Gasteiger partial charge in [0.05, 0.1) is 6.54 Å². The maximum Gasteiger partial charge on any atom is 0.226 e. The van der Waals surface area contributed by atoms with E-state index in [0.29, 0.717) is 12.4 Å². The van der Waals surface area contributed by atoms with E-state index in [2.05, 4.69) is 20.6 Å². The number of amides is 1. The zero-order valence-electron chi connectivity index (χ0n) is 11.8. The van der Waals surface area contributed by atoms with Crippen molar-refractivity contribution in [3.05, 3.63) is 16.3 Å². The van der Waals surface area contributed by atoms with Crippen LogP contribution < -0.4 is 0 Å². The molecule has 2 aromatic rings. The molecule has 0 bridgehead atoms. The number of carbonyl (C=O) groups excluding carboxylic acids is 1. The van der Waals surface area contributed by atoms with Crippen LogP contribution in [0.5, 0.6) is 0 Å². The van der Waals surface area contributed by atoms with Gasteiger partial charge in [-0.1, -0.05) is 0 Å². The molecular weight excluding hydrogens is 306 g/mol. The number of hydrogen-bond acceptors (Lipinski definition) is 6. The Morgan fingerprint density at radius 3 is 3.19 bits per heavy atom. The lowest BCUT2D eigenvalue weighted by atomic mass is 10.0. The van der Waals surface area contributed by atoms with Crippen molar-refractivity contribution in [2.75, 3.05) is 18.6 Å². The number of aromatic amines is 1. The van der Waals surface area contributed by atoms with Gasteiger partial charge in [0.1, 0.15) is 0 Å². The van der Waals surface area contributed by atoms with Gasteiger partial charge in [0.2, 0.25) is 11.7 Å². The minimum absolute atomic E-state index is 0.186. The van der Waals surface area contributed by atoms with Gasteiger partial charge in [-0.2, -0.15) is 17.0 Å². The van der Waals surface area contributed by atoms with Crippen molar-refractivity contribution in [3.63, 3.8) is 0 Å². The molecule has 0 aromatic carbocycles. The molecule has 1 N–H and O–H groups in total. The molecule has 0 aliphatic carbocycles. The summed E-state index contributed by atoms with van der Waals surface area (Å²) in [6, 6.07) is 2.02. The molecule has 0 radical (unpaired) electrons. The van der Waals surface area contributed by atoms with E-state index in [-0.39, 0.29) is 11.8 Å². The zero-order valence-corrected chi connectivity index (χ0v) is 13.4. The second-order valence-corrected chi connectivity index (χ2v) is 7.29. The van der Waals surface area contributed by atoms with E-state index in [0.717, 1.165) is 29.0 Å². The maximum atomic E-state index is 12.4. The van der Waals surface area contributed by atoms with Gasteiger partial charge in [-0.3, -0.25) is 4.79 Å². The average Bonchev–Trinajstić information content (AvgIpc) is 3.18. The summed E-state index contributed by atoms with van der Waals surface area (Å²) < 4.78 is 0. The molecule has 1 amide bonds. The van der Waals surface area contributed by atoms with E-state index in [1.165, 1.54) is 5.75 Å². The van der Waals surface area contributed by atoms with Crippen molar-refractivity contribution in [2.24, 2.45) is 5.92 Å². The molecule has 112 valence electrons. The minimum Gasteiger partial charge on any atom is -0.340 e. The first kappa shape index (κ1) is 14.5. The molecule has 2 aromatic heterocycles. The fraction of sp³-hybridized carbons (Fsp3) is 0.538. The lowest BCUT2D eigenvalue weighted by Gasteiger charge is -2.25. The Morgan fingerprint density at radius 2 is 2.48 bits per heavy atom. The summed E-state index contributed by atoms with van der Waals surface area (Å²) in [5.74, 6) is 3.19. The second-order valence-electron chi connectivity index (χ2n) is 5.15. The quantitative estimate of drug-likeness (QED) is 0.932. The van der Waals surface area contributed by atoms with E-state index in [4.69, 9.17) is 0 Å². The Balaban J connectivity index is 1.62. The monoisotopic (exact) mass is 323 g/mol. The lowest BCUT2D eigenvalue weighted by Crippen LogP contribution is -2.34. The van der Waals surface area contributed by atoms with Crippen molar-refractivity contribution in [3.8, 4) is 11.4 Å². The van der Waals surface area contributed by atoms with Crippen molar-refractivity contribution in [1.82, 2.24) is 25.5 Å². The summed E-state index contributed by atoms with van der Waals surface area (Å²) in [5, 5.41) is 15.9. The summed E-state index contributed by atoms with van der Waals surface area (Å²) >= 11 is 3.50. The van der Waals surface area contributed by atoms with Gasteiger partial charge in [-0.05, 0) is 29.9 Å². The number of tetrazole rings is 1. The first-order valence-electron chi connectivity index (χ1n) is 6.88. The average molecular weight is 323 g/mol. The Labute approximate surface area is 131 Å². The first-order valence-corrected chi connectivity index (χ1v) is 8.91. The molecule has 1 atom stereocenters. The second kappa shape index (κ2) is 6.57. The van der Waals surface area contributed by atoms with Crippen LogP contribution in [0.3, 0.4) is 0 Å². The van der Waals surface area contributed by atoms with Gasteiger partial charge in [0.25, 0.3) is 0 Å². The number of thioether (sulfide) groups is 1. The number of nitrogens with zero attached hydrogens (tertiary/aromatic N) is 4. The number of rotatable bonds is 4. The topological polar surface area (TPSA) is 74.8 Å². The number of thiophene rings is 1. The molecule has 1 aliphatic rings. The Kier molecular flexibility index (Phi) is 4.54. The van der Waals surface area contributed by atoms with Crippen LogP contribution in [0.1, 0.15) is 17.7 Å². The molecule has 0 saturated carbocycles. The van der Waals surface area contributed by atoms with E-state index < -0.39 is 0 Å². The Bertz CT molecular complexity index is 591. The largest absolute Gasteiger partial charge is 0.340 e. The van der Waals surface area contributed by atoms with Crippen LogP contribution in [0.25, 0.3) is 11.4 Å². The highest BCUT2D eigenvalue weighted by molar-refractivity contribution is 7.99. The molecule has 1 fully saturated rings. The van der Waals surface area contributed by atoms with Crippen LogP contribution in [0.4, 0.5) is 0 Å². The summed E-state index contributed by atoms with van der Waals surface area (Å²) in [5.41, 5.74) is 0.942. The standard InChI is InChI=1S/C13H17N5OS2/c1-18(13(19)9-3-2-4-20-7-9)6-11-5-10(8-21-11)12-14-16-17-15-12/h5,8-9H,2-4,6-7H2,1H3,(H,14,15,16,17). The molecule has 0 spiro atoms. The third kappa shape index (κ3) is 3.44. The van der Waals surface area contributed by atoms with E-state index in [1.807, 2.05) is 35.2 Å². The number of hydrogen-bond donors (Lipinski definition) is 1. The van der Waals surface area contributed by atoms with Crippen LogP contribution in [0.2, 0.25) is 0 Å². The number of nitrogens with one attached hydrogen (secondary N) is 1. The van der Waals surface area contributed by atoms with Gasteiger partial charge in [0.15, 0.2) is 0 Å². The Morgan fingerprint density at radius 1 is 1.57 bits per heavy atom. The van der Waals surface area contributed by atoms with E-state index in [1.54, 1.807) is 11.3 Å². The smallest absolute Gasteiger partial charge is 0.226 e.